The Hall–Kier alpha value is -4.33. The number of primary amides is 1. The van der Waals surface area contributed by atoms with E-state index in [2.05, 4.69) is 20.6 Å². The molecule has 0 spiro atoms. The van der Waals surface area contributed by atoms with E-state index in [1.807, 2.05) is 61.7 Å². The highest BCUT2D eigenvalue weighted by Crippen LogP contribution is 2.25. The van der Waals surface area contributed by atoms with Crippen molar-refractivity contribution in [3.63, 3.8) is 0 Å². The lowest BCUT2D eigenvalue weighted by Crippen LogP contribution is -2.24. The van der Waals surface area contributed by atoms with Crippen LogP contribution in [0.4, 0.5) is 22.9 Å². The van der Waals surface area contributed by atoms with E-state index in [0.29, 0.717) is 30.0 Å². The number of nitrogens with one attached hydrogen (secondary N) is 3. The normalized spacial score (nSPS) is 10.7. The van der Waals surface area contributed by atoms with Gasteiger partial charge in [0.2, 0.25) is 5.91 Å². The number of aromatic nitrogens is 2. The van der Waals surface area contributed by atoms with Crippen LogP contribution in [0.2, 0.25) is 0 Å². The summed E-state index contributed by atoms with van der Waals surface area (Å²) in [5.74, 6) is 0.0547. The number of benzene rings is 2. The quantitative estimate of drug-likeness (QED) is 0.323. The first-order chi connectivity index (χ1) is 16.0. The Balaban J connectivity index is 1.53. The number of carbonyl (C=O) groups excluding carboxylic acids is 2. The Bertz CT molecular complexity index is 1300. The number of pyridine rings is 1. The van der Waals surface area contributed by atoms with Gasteiger partial charge >= 0.3 is 0 Å². The third-order valence-electron chi connectivity index (χ3n) is 5.52. The Morgan fingerprint density at radius 1 is 1.12 bits per heavy atom. The van der Waals surface area contributed by atoms with E-state index < -0.39 is 5.91 Å². The molecule has 0 saturated carbocycles. The molecule has 0 saturated heterocycles. The van der Waals surface area contributed by atoms with E-state index in [1.54, 1.807) is 18.0 Å². The number of rotatable bonds is 8. The fourth-order valence-electron chi connectivity index (χ4n) is 3.65. The summed E-state index contributed by atoms with van der Waals surface area (Å²) in [6.07, 6.45) is 3.81. The number of amides is 2. The zero-order valence-electron chi connectivity index (χ0n) is 18.6. The monoisotopic (exact) mass is 442 g/mol. The number of anilines is 4. The lowest BCUT2D eigenvalue weighted by molar-refractivity contribution is -0.118. The van der Waals surface area contributed by atoms with Gasteiger partial charge in [-0.1, -0.05) is 25.1 Å². The van der Waals surface area contributed by atoms with Gasteiger partial charge in [-0.05, 0) is 41.3 Å². The predicted octanol–water partition coefficient (Wildman–Crippen LogP) is 4.39. The minimum Gasteiger partial charge on any atom is -0.380 e. The number of aromatic amines is 1. The summed E-state index contributed by atoms with van der Waals surface area (Å²) in [4.78, 5) is 33.0. The van der Waals surface area contributed by atoms with Crippen LogP contribution in [0.3, 0.4) is 0 Å². The molecule has 0 fully saturated rings. The molecule has 0 atom stereocenters. The topological polar surface area (TPSA) is 116 Å². The van der Waals surface area contributed by atoms with E-state index in [4.69, 9.17) is 5.73 Å². The summed E-state index contributed by atoms with van der Waals surface area (Å²) < 4.78 is 0. The molecule has 0 unspecified atom stereocenters. The van der Waals surface area contributed by atoms with Crippen molar-refractivity contribution in [1.82, 2.24) is 9.97 Å². The van der Waals surface area contributed by atoms with Crippen molar-refractivity contribution in [2.75, 3.05) is 22.6 Å². The standard InChI is InChI=1S/C25H26N6O2/c1-3-23(32)31(2)19-9-7-18(8-10-19)30-22-13-21(20(15-29-22)25(26)33)28-14-17-6-4-5-16-11-12-27-24(16)17/h4-13,15,27H,3,14H2,1-2H3,(H2,26,33)(H2,28,29,30). The van der Waals surface area contributed by atoms with Gasteiger partial charge < -0.3 is 26.3 Å². The number of hydrogen-bond donors (Lipinski definition) is 4. The minimum absolute atomic E-state index is 0.0465. The molecular weight excluding hydrogens is 416 g/mol. The molecule has 0 aliphatic carbocycles. The van der Waals surface area contributed by atoms with Crippen LogP contribution in [0.5, 0.6) is 0 Å². The molecule has 0 aliphatic heterocycles. The van der Waals surface area contributed by atoms with Crippen molar-refractivity contribution < 1.29 is 9.59 Å². The molecule has 0 bridgehead atoms. The van der Waals surface area contributed by atoms with Crippen LogP contribution in [-0.4, -0.2) is 28.8 Å². The molecule has 2 aromatic carbocycles. The van der Waals surface area contributed by atoms with Gasteiger partial charge in [0.1, 0.15) is 5.82 Å². The van der Waals surface area contributed by atoms with Gasteiger partial charge in [0, 0.05) is 49.8 Å². The SMILES string of the molecule is CCC(=O)N(C)c1ccc(Nc2cc(NCc3cccc4cc[nH]c34)c(C(N)=O)cn2)cc1. The van der Waals surface area contributed by atoms with E-state index in [1.165, 1.54) is 6.20 Å². The average molecular weight is 443 g/mol. The maximum Gasteiger partial charge on any atom is 0.252 e. The molecule has 168 valence electrons. The van der Waals surface area contributed by atoms with Gasteiger partial charge in [0.25, 0.3) is 5.91 Å². The second kappa shape index (κ2) is 9.44. The van der Waals surface area contributed by atoms with Crippen LogP contribution in [-0.2, 0) is 11.3 Å². The number of hydrogen-bond acceptors (Lipinski definition) is 5. The van der Waals surface area contributed by atoms with Crippen LogP contribution < -0.4 is 21.3 Å². The van der Waals surface area contributed by atoms with Crippen LogP contribution in [0.15, 0.2) is 67.0 Å². The molecule has 8 heteroatoms. The second-order valence-corrected chi connectivity index (χ2v) is 7.67. The fourth-order valence-corrected chi connectivity index (χ4v) is 3.65. The zero-order chi connectivity index (χ0) is 23.4. The third kappa shape index (κ3) is 4.79. The zero-order valence-corrected chi connectivity index (χ0v) is 18.6. The molecular formula is C25H26N6O2. The van der Waals surface area contributed by atoms with Crippen LogP contribution in [0.25, 0.3) is 10.9 Å². The molecule has 4 rings (SSSR count). The van der Waals surface area contributed by atoms with Crippen molar-refractivity contribution >= 4 is 45.6 Å². The van der Waals surface area contributed by atoms with Crippen molar-refractivity contribution in [3.05, 3.63) is 78.1 Å². The molecule has 33 heavy (non-hydrogen) atoms. The third-order valence-corrected chi connectivity index (χ3v) is 5.52. The van der Waals surface area contributed by atoms with Gasteiger partial charge in [-0.15, -0.1) is 0 Å². The van der Waals surface area contributed by atoms with Crippen molar-refractivity contribution in [1.29, 1.82) is 0 Å². The molecule has 4 aromatic rings. The van der Waals surface area contributed by atoms with Crippen LogP contribution in [0, 0.1) is 0 Å². The first kappa shape index (κ1) is 21.9. The lowest BCUT2D eigenvalue weighted by atomic mass is 10.1. The molecule has 2 heterocycles. The number of nitrogens with zero attached hydrogens (tertiary/aromatic N) is 2. The Morgan fingerprint density at radius 3 is 2.64 bits per heavy atom. The van der Waals surface area contributed by atoms with Crippen molar-refractivity contribution in [2.24, 2.45) is 5.73 Å². The molecule has 2 aromatic heterocycles. The van der Waals surface area contributed by atoms with Crippen LogP contribution in [0.1, 0.15) is 29.3 Å². The summed E-state index contributed by atoms with van der Waals surface area (Å²) in [5.41, 5.74) is 10.2. The Morgan fingerprint density at radius 2 is 1.91 bits per heavy atom. The largest absolute Gasteiger partial charge is 0.380 e. The number of para-hydroxylation sites is 1. The summed E-state index contributed by atoms with van der Waals surface area (Å²) in [6, 6.07) is 17.3. The van der Waals surface area contributed by atoms with Crippen LogP contribution >= 0.6 is 0 Å². The maximum absolute atomic E-state index is 11.9. The smallest absolute Gasteiger partial charge is 0.252 e. The number of carbonyl (C=O) groups is 2. The highest BCUT2D eigenvalue weighted by molar-refractivity contribution is 5.98. The molecule has 5 N–H and O–H groups in total. The molecule has 0 aliphatic rings. The molecule has 0 radical (unpaired) electrons. The van der Waals surface area contributed by atoms with Gasteiger partial charge in [-0.2, -0.15) is 0 Å². The van der Waals surface area contributed by atoms with Gasteiger partial charge in [0.05, 0.1) is 16.8 Å². The summed E-state index contributed by atoms with van der Waals surface area (Å²) in [7, 11) is 1.75. The molecule has 8 nitrogen and oxygen atoms in total. The van der Waals surface area contributed by atoms with E-state index >= 15 is 0 Å². The van der Waals surface area contributed by atoms with E-state index in [9.17, 15) is 9.59 Å². The van der Waals surface area contributed by atoms with Gasteiger partial charge in [-0.25, -0.2) is 4.98 Å². The second-order valence-electron chi connectivity index (χ2n) is 7.67. The van der Waals surface area contributed by atoms with Crippen molar-refractivity contribution in [3.8, 4) is 0 Å². The minimum atomic E-state index is -0.553. The lowest BCUT2D eigenvalue weighted by Gasteiger charge is -2.17. The summed E-state index contributed by atoms with van der Waals surface area (Å²) in [5, 5.41) is 7.67. The summed E-state index contributed by atoms with van der Waals surface area (Å²) >= 11 is 0. The first-order valence-electron chi connectivity index (χ1n) is 10.7. The number of nitrogens with two attached hydrogens (primary N) is 1. The fraction of sp³-hybridized carbons (Fsp3) is 0.160. The Labute approximate surface area is 191 Å². The highest BCUT2D eigenvalue weighted by Gasteiger charge is 2.12. The van der Waals surface area contributed by atoms with E-state index in [-0.39, 0.29) is 5.91 Å². The highest BCUT2D eigenvalue weighted by atomic mass is 16.2. The predicted molar refractivity (Wildman–Crippen MR) is 132 cm³/mol. The summed E-state index contributed by atoms with van der Waals surface area (Å²) in [6.45, 7) is 2.34. The first-order valence-corrected chi connectivity index (χ1v) is 10.7. The van der Waals surface area contributed by atoms with Gasteiger partial charge in [0.15, 0.2) is 0 Å². The molecule has 2 amide bonds. The Kier molecular flexibility index (Phi) is 6.26. The average Bonchev–Trinajstić information content (AvgIpc) is 3.32. The van der Waals surface area contributed by atoms with Gasteiger partial charge in [-0.3, -0.25) is 9.59 Å². The number of fused-ring (bicyclic) bond motifs is 1. The van der Waals surface area contributed by atoms with Crippen molar-refractivity contribution in [2.45, 2.75) is 19.9 Å². The van der Waals surface area contributed by atoms with E-state index in [0.717, 1.165) is 27.8 Å². The maximum atomic E-state index is 11.9. The number of H-pyrrole nitrogens is 1.